The zero-order chi connectivity index (χ0) is 11.5. The second-order valence-corrected chi connectivity index (χ2v) is 5.42. The van der Waals surface area contributed by atoms with Crippen LogP contribution in [-0.4, -0.2) is 16.6 Å². The molecule has 0 aliphatic carbocycles. The van der Waals surface area contributed by atoms with Crippen molar-refractivity contribution < 1.29 is 4.79 Å². The Hall–Kier alpha value is -0.300. The molecule has 3 nitrogen and oxygen atoms in total. The van der Waals surface area contributed by atoms with E-state index in [0.717, 1.165) is 3.57 Å². The number of carbonyl (C=O) groups is 1. The van der Waals surface area contributed by atoms with Gasteiger partial charge in [-0.05, 0) is 34.7 Å². The Bertz CT molecular complexity index is 351. The second kappa shape index (κ2) is 5.16. The number of pyridine rings is 1. The van der Waals surface area contributed by atoms with Crippen molar-refractivity contribution in [3.63, 3.8) is 0 Å². The number of hydrogen-bond acceptors (Lipinski definition) is 3. The molecule has 0 aliphatic heterocycles. The van der Waals surface area contributed by atoms with Gasteiger partial charge < -0.3 is 5.32 Å². The Labute approximate surface area is 109 Å². The van der Waals surface area contributed by atoms with E-state index in [9.17, 15) is 4.79 Å². The average Bonchev–Trinajstić information content (AvgIpc) is 2.21. The Morgan fingerprint density at radius 2 is 2.27 bits per heavy atom. The molecule has 1 aromatic heterocycles. The van der Waals surface area contributed by atoms with Crippen LogP contribution in [0.15, 0.2) is 18.3 Å². The molecule has 5 heteroatoms. The monoisotopic (exact) mass is 336 g/mol. The van der Waals surface area contributed by atoms with Crippen LogP contribution >= 0.6 is 35.2 Å². The first-order valence-corrected chi connectivity index (χ1v) is 6.21. The molecule has 1 heterocycles. The molecule has 0 saturated heterocycles. The van der Waals surface area contributed by atoms with Gasteiger partial charge in [-0.25, -0.2) is 4.98 Å². The van der Waals surface area contributed by atoms with Crippen molar-refractivity contribution in [2.24, 2.45) is 5.41 Å². The summed E-state index contributed by atoms with van der Waals surface area (Å²) in [5.74, 6) is 1.02. The summed E-state index contributed by atoms with van der Waals surface area (Å²) in [6, 6.07) is 3.69. The van der Waals surface area contributed by atoms with Gasteiger partial charge in [0.2, 0.25) is 5.91 Å². The number of hydrogen-bond donors (Lipinski definition) is 2. The maximum absolute atomic E-state index is 11.7. The Morgan fingerprint density at radius 3 is 2.73 bits per heavy atom. The standard InChI is InChI=1S/C10H13IN2OS/c1-10(2,6-15)9(14)13-8-4-3-7(11)5-12-8/h3-5,15H,6H2,1-2H3,(H,12,13,14). The van der Waals surface area contributed by atoms with E-state index in [-0.39, 0.29) is 5.91 Å². The molecule has 0 radical (unpaired) electrons. The molecule has 0 aliphatic rings. The minimum Gasteiger partial charge on any atom is -0.310 e. The minimum absolute atomic E-state index is 0.0637. The van der Waals surface area contributed by atoms with Gasteiger partial charge in [-0.3, -0.25) is 4.79 Å². The molecule has 15 heavy (non-hydrogen) atoms. The second-order valence-electron chi connectivity index (χ2n) is 3.86. The number of anilines is 1. The first-order valence-electron chi connectivity index (χ1n) is 4.49. The molecule has 0 fully saturated rings. The van der Waals surface area contributed by atoms with Crippen LogP contribution in [0, 0.1) is 8.99 Å². The fourth-order valence-electron chi connectivity index (χ4n) is 0.807. The van der Waals surface area contributed by atoms with Gasteiger partial charge in [0.25, 0.3) is 0 Å². The van der Waals surface area contributed by atoms with Crippen molar-refractivity contribution >= 4 is 46.9 Å². The zero-order valence-corrected chi connectivity index (χ0v) is 11.7. The van der Waals surface area contributed by atoms with Crippen LogP contribution in [0.4, 0.5) is 5.82 Å². The number of amides is 1. The van der Waals surface area contributed by atoms with Gasteiger partial charge in [0.1, 0.15) is 5.82 Å². The summed E-state index contributed by atoms with van der Waals surface area (Å²) in [4.78, 5) is 15.8. The van der Waals surface area contributed by atoms with E-state index in [2.05, 4.69) is 45.5 Å². The Morgan fingerprint density at radius 1 is 1.60 bits per heavy atom. The maximum Gasteiger partial charge on any atom is 0.232 e. The molecular weight excluding hydrogens is 323 g/mol. The van der Waals surface area contributed by atoms with E-state index in [4.69, 9.17) is 0 Å². The number of nitrogens with zero attached hydrogens (tertiary/aromatic N) is 1. The molecule has 0 unspecified atom stereocenters. The lowest BCUT2D eigenvalue weighted by Gasteiger charge is -2.20. The summed E-state index contributed by atoms with van der Waals surface area (Å²) in [6.45, 7) is 3.70. The van der Waals surface area contributed by atoms with Gasteiger partial charge in [0, 0.05) is 15.5 Å². The number of aromatic nitrogens is 1. The molecule has 0 saturated carbocycles. The van der Waals surface area contributed by atoms with Crippen LogP contribution in [0.25, 0.3) is 0 Å². The predicted octanol–water partition coefficient (Wildman–Crippen LogP) is 2.58. The van der Waals surface area contributed by atoms with Crippen LogP contribution in [0.1, 0.15) is 13.8 Å². The van der Waals surface area contributed by atoms with E-state index in [1.165, 1.54) is 0 Å². The molecule has 1 amide bonds. The topological polar surface area (TPSA) is 42.0 Å². The summed E-state index contributed by atoms with van der Waals surface area (Å²) in [7, 11) is 0. The average molecular weight is 336 g/mol. The van der Waals surface area contributed by atoms with Crippen LogP contribution in [0.5, 0.6) is 0 Å². The quantitative estimate of drug-likeness (QED) is 0.658. The molecule has 1 aromatic rings. The van der Waals surface area contributed by atoms with Gasteiger partial charge in [-0.15, -0.1) is 0 Å². The van der Waals surface area contributed by atoms with Crippen LogP contribution in [-0.2, 0) is 4.79 Å². The fourth-order valence-corrected chi connectivity index (χ4v) is 1.27. The van der Waals surface area contributed by atoms with Crippen molar-refractivity contribution in [3.8, 4) is 0 Å². The van der Waals surface area contributed by atoms with E-state index in [0.29, 0.717) is 11.6 Å². The lowest BCUT2D eigenvalue weighted by molar-refractivity contribution is -0.122. The number of thiol groups is 1. The van der Waals surface area contributed by atoms with Crippen LogP contribution in [0.2, 0.25) is 0 Å². The third-order valence-corrected chi connectivity index (χ3v) is 3.41. The number of carbonyl (C=O) groups excluding carboxylic acids is 1. The van der Waals surface area contributed by atoms with Gasteiger partial charge in [0.15, 0.2) is 0 Å². The van der Waals surface area contributed by atoms with Crippen molar-refractivity contribution in [1.29, 1.82) is 0 Å². The molecule has 0 atom stereocenters. The largest absolute Gasteiger partial charge is 0.310 e. The van der Waals surface area contributed by atoms with Crippen LogP contribution in [0.3, 0.4) is 0 Å². The van der Waals surface area contributed by atoms with Gasteiger partial charge in [-0.1, -0.05) is 13.8 Å². The summed E-state index contributed by atoms with van der Waals surface area (Å²) in [5, 5.41) is 2.76. The highest BCUT2D eigenvalue weighted by molar-refractivity contribution is 14.1. The number of halogens is 1. The Balaban J connectivity index is 2.71. The van der Waals surface area contributed by atoms with Crippen molar-refractivity contribution in [2.45, 2.75) is 13.8 Å². The highest BCUT2D eigenvalue weighted by atomic mass is 127. The van der Waals surface area contributed by atoms with Crippen molar-refractivity contribution in [3.05, 3.63) is 21.9 Å². The van der Waals surface area contributed by atoms with E-state index in [1.807, 2.05) is 19.9 Å². The zero-order valence-electron chi connectivity index (χ0n) is 8.62. The van der Waals surface area contributed by atoms with Gasteiger partial charge in [0.05, 0.1) is 5.41 Å². The molecule has 0 bridgehead atoms. The summed E-state index contributed by atoms with van der Waals surface area (Å²) in [6.07, 6.45) is 1.71. The molecule has 82 valence electrons. The third-order valence-electron chi connectivity index (χ3n) is 1.98. The van der Waals surface area contributed by atoms with Gasteiger partial charge >= 0.3 is 0 Å². The lowest BCUT2D eigenvalue weighted by atomic mass is 9.95. The van der Waals surface area contributed by atoms with E-state index < -0.39 is 5.41 Å². The normalized spacial score (nSPS) is 11.2. The maximum atomic E-state index is 11.7. The number of nitrogens with one attached hydrogen (secondary N) is 1. The Kier molecular flexibility index (Phi) is 4.39. The van der Waals surface area contributed by atoms with Gasteiger partial charge in [-0.2, -0.15) is 12.6 Å². The molecule has 1 N–H and O–H groups in total. The molecule has 1 rings (SSSR count). The van der Waals surface area contributed by atoms with Crippen molar-refractivity contribution in [2.75, 3.05) is 11.1 Å². The summed E-state index contributed by atoms with van der Waals surface area (Å²) >= 11 is 6.31. The fraction of sp³-hybridized carbons (Fsp3) is 0.400. The summed E-state index contributed by atoms with van der Waals surface area (Å²) < 4.78 is 1.04. The first kappa shape index (κ1) is 12.8. The minimum atomic E-state index is -0.478. The first-order chi connectivity index (χ1) is 6.95. The van der Waals surface area contributed by atoms with E-state index in [1.54, 1.807) is 12.3 Å². The van der Waals surface area contributed by atoms with Crippen LogP contribution < -0.4 is 5.32 Å². The van der Waals surface area contributed by atoms with E-state index >= 15 is 0 Å². The van der Waals surface area contributed by atoms with Crippen molar-refractivity contribution in [1.82, 2.24) is 4.98 Å². The SMILES string of the molecule is CC(C)(CS)C(=O)Nc1ccc(I)cn1. The molecular formula is C10H13IN2OS. The molecule has 0 aromatic carbocycles. The number of rotatable bonds is 3. The predicted molar refractivity (Wildman–Crippen MR) is 73.2 cm³/mol. The summed E-state index contributed by atoms with van der Waals surface area (Å²) in [5.41, 5.74) is -0.478. The molecule has 0 spiro atoms. The smallest absolute Gasteiger partial charge is 0.232 e. The lowest BCUT2D eigenvalue weighted by Crippen LogP contribution is -2.32. The highest BCUT2D eigenvalue weighted by Gasteiger charge is 2.25. The highest BCUT2D eigenvalue weighted by Crippen LogP contribution is 2.19. The third kappa shape index (κ3) is 3.64.